The highest BCUT2D eigenvalue weighted by atomic mass is 16.5. The fourth-order valence-electron chi connectivity index (χ4n) is 2.86. The first-order valence-electron chi connectivity index (χ1n) is 7.70. The second-order valence-corrected chi connectivity index (χ2v) is 5.61. The van der Waals surface area contributed by atoms with E-state index in [4.69, 9.17) is 9.26 Å². The standard InChI is InChI=1S/C17H19N3O4/c1-19-13-6-4-3-5-12(13)15(23-2)11-20(10-8-16(19)21)17(22)14-7-9-18-24-14/h3-7,9,15H,8,10-11H2,1-2H3. The highest BCUT2D eigenvalue weighted by Crippen LogP contribution is 2.30. The third kappa shape index (κ3) is 3.03. The van der Waals surface area contributed by atoms with Gasteiger partial charge in [0.25, 0.3) is 5.91 Å². The van der Waals surface area contributed by atoms with E-state index in [-0.39, 0.29) is 36.6 Å². The van der Waals surface area contributed by atoms with Crippen molar-refractivity contribution in [2.75, 3.05) is 32.1 Å². The molecule has 1 aliphatic rings. The van der Waals surface area contributed by atoms with Crippen LogP contribution in [0.25, 0.3) is 0 Å². The molecule has 2 heterocycles. The molecule has 0 aliphatic carbocycles. The summed E-state index contributed by atoms with van der Waals surface area (Å²) in [4.78, 5) is 28.2. The van der Waals surface area contributed by atoms with Crippen molar-refractivity contribution in [2.24, 2.45) is 0 Å². The number of ether oxygens (including phenoxy) is 1. The minimum atomic E-state index is -0.346. The summed E-state index contributed by atoms with van der Waals surface area (Å²) in [7, 11) is 3.33. The molecule has 7 heteroatoms. The van der Waals surface area contributed by atoms with Gasteiger partial charge in [-0.25, -0.2) is 0 Å². The van der Waals surface area contributed by atoms with E-state index in [9.17, 15) is 9.59 Å². The molecular weight excluding hydrogens is 310 g/mol. The maximum atomic E-state index is 12.6. The van der Waals surface area contributed by atoms with Crippen LogP contribution in [0.15, 0.2) is 41.1 Å². The number of benzene rings is 1. The average Bonchev–Trinajstić information content (AvgIpc) is 3.15. The molecule has 0 N–H and O–H groups in total. The van der Waals surface area contributed by atoms with E-state index in [1.54, 1.807) is 24.0 Å². The molecule has 0 spiro atoms. The number of aromatic nitrogens is 1. The molecule has 7 nitrogen and oxygen atoms in total. The van der Waals surface area contributed by atoms with Crippen molar-refractivity contribution in [2.45, 2.75) is 12.5 Å². The van der Waals surface area contributed by atoms with Crippen LogP contribution < -0.4 is 4.90 Å². The number of fused-ring (bicyclic) bond motifs is 1. The van der Waals surface area contributed by atoms with Crippen LogP contribution in [0.1, 0.15) is 28.6 Å². The van der Waals surface area contributed by atoms with Crippen LogP contribution >= 0.6 is 0 Å². The Labute approximate surface area is 139 Å². The summed E-state index contributed by atoms with van der Waals surface area (Å²) in [5.41, 5.74) is 1.66. The molecule has 0 saturated heterocycles. The van der Waals surface area contributed by atoms with Crippen molar-refractivity contribution in [3.8, 4) is 0 Å². The monoisotopic (exact) mass is 329 g/mol. The Morgan fingerprint density at radius 3 is 2.83 bits per heavy atom. The van der Waals surface area contributed by atoms with Crippen LogP contribution in [-0.4, -0.2) is 49.1 Å². The molecule has 2 amide bonds. The van der Waals surface area contributed by atoms with Crippen molar-refractivity contribution in [1.82, 2.24) is 10.1 Å². The molecule has 1 atom stereocenters. The number of hydrogen-bond acceptors (Lipinski definition) is 5. The van der Waals surface area contributed by atoms with Crippen LogP contribution in [0.2, 0.25) is 0 Å². The topological polar surface area (TPSA) is 75.9 Å². The molecule has 24 heavy (non-hydrogen) atoms. The number of para-hydroxylation sites is 1. The third-order valence-electron chi connectivity index (χ3n) is 4.22. The summed E-state index contributed by atoms with van der Waals surface area (Å²) in [6, 6.07) is 9.08. The first-order chi connectivity index (χ1) is 11.6. The summed E-state index contributed by atoms with van der Waals surface area (Å²) in [6.45, 7) is 0.616. The number of hydrogen-bond donors (Lipinski definition) is 0. The zero-order valence-electron chi connectivity index (χ0n) is 13.6. The number of carbonyl (C=O) groups excluding carboxylic acids is 2. The lowest BCUT2D eigenvalue weighted by Gasteiger charge is -2.26. The van der Waals surface area contributed by atoms with Crippen molar-refractivity contribution in [1.29, 1.82) is 0 Å². The minimum absolute atomic E-state index is 0.0606. The molecule has 126 valence electrons. The number of anilines is 1. The number of methoxy groups -OCH3 is 1. The fourth-order valence-corrected chi connectivity index (χ4v) is 2.86. The van der Waals surface area contributed by atoms with Crippen molar-refractivity contribution >= 4 is 17.5 Å². The summed E-state index contributed by atoms with van der Waals surface area (Å²) in [5, 5.41) is 3.57. The van der Waals surface area contributed by atoms with Gasteiger partial charge in [0.2, 0.25) is 11.7 Å². The molecule has 1 aromatic heterocycles. The summed E-state index contributed by atoms with van der Waals surface area (Å²) in [6.07, 6.45) is 1.30. The molecule has 1 aromatic carbocycles. The van der Waals surface area contributed by atoms with Gasteiger partial charge in [0, 0.05) is 44.4 Å². The van der Waals surface area contributed by atoms with Crippen molar-refractivity contribution in [3.63, 3.8) is 0 Å². The highest BCUT2D eigenvalue weighted by molar-refractivity contribution is 5.95. The normalized spacial score (nSPS) is 18.6. The molecule has 0 bridgehead atoms. The predicted octanol–water partition coefficient (Wildman–Crippen LogP) is 1.87. The van der Waals surface area contributed by atoms with Crippen molar-refractivity contribution in [3.05, 3.63) is 47.9 Å². The predicted molar refractivity (Wildman–Crippen MR) is 86.6 cm³/mol. The molecule has 0 fully saturated rings. The Kier molecular flexibility index (Phi) is 4.61. The van der Waals surface area contributed by atoms with Crippen LogP contribution in [0.3, 0.4) is 0 Å². The van der Waals surface area contributed by atoms with Crippen LogP contribution in [-0.2, 0) is 9.53 Å². The van der Waals surface area contributed by atoms with E-state index in [0.29, 0.717) is 6.54 Å². The SMILES string of the molecule is COC1CN(C(=O)c2ccno2)CCC(=O)N(C)c2ccccc21. The molecule has 2 aromatic rings. The zero-order chi connectivity index (χ0) is 17.1. The van der Waals surface area contributed by atoms with Crippen LogP contribution in [0, 0.1) is 0 Å². The average molecular weight is 329 g/mol. The quantitative estimate of drug-likeness (QED) is 0.841. The Morgan fingerprint density at radius 2 is 2.12 bits per heavy atom. The van der Waals surface area contributed by atoms with Gasteiger partial charge < -0.3 is 19.1 Å². The van der Waals surface area contributed by atoms with E-state index in [2.05, 4.69) is 5.16 Å². The fraction of sp³-hybridized carbons (Fsp3) is 0.353. The van der Waals surface area contributed by atoms with E-state index >= 15 is 0 Å². The summed E-state index contributed by atoms with van der Waals surface area (Å²) < 4.78 is 10.6. The Morgan fingerprint density at radius 1 is 1.33 bits per heavy atom. The lowest BCUT2D eigenvalue weighted by molar-refractivity contribution is -0.118. The molecule has 1 unspecified atom stereocenters. The first kappa shape index (κ1) is 16.2. The maximum Gasteiger partial charge on any atom is 0.292 e. The minimum Gasteiger partial charge on any atom is -0.375 e. The molecule has 0 radical (unpaired) electrons. The molecule has 3 rings (SSSR count). The largest absolute Gasteiger partial charge is 0.375 e. The number of nitrogens with zero attached hydrogens (tertiary/aromatic N) is 3. The summed E-state index contributed by atoms with van der Waals surface area (Å²) >= 11 is 0. The Hall–Kier alpha value is -2.67. The number of rotatable bonds is 2. The van der Waals surface area contributed by atoms with Crippen molar-refractivity contribution < 1.29 is 18.8 Å². The first-order valence-corrected chi connectivity index (χ1v) is 7.70. The van der Waals surface area contributed by atoms with E-state index in [1.165, 1.54) is 12.3 Å². The van der Waals surface area contributed by atoms with E-state index < -0.39 is 0 Å². The van der Waals surface area contributed by atoms with Gasteiger partial charge >= 0.3 is 0 Å². The molecular formula is C17H19N3O4. The van der Waals surface area contributed by atoms with E-state index in [0.717, 1.165) is 11.3 Å². The lowest BCUT2D eigenvalue weighted by Crippen LogP contribution is -2.37. The van der Waals surface area contributed by atoms with Gasteiger partial charge in [-0.15, -0.1) is 0 Å². The van der Waals surface area contributed by atoms with Gasteiger partial charge in [-0.3, -0.25) is 9.59 Å². The van der Waals surface area contributed by atoms with Crippen LogP contribution in [0.4, 0.5) is 5.69 Å². The molecule has 0 saturated carbocycles. The van der Waals surface area contributed by atoms with E-state index in [1.807, 2.05) is 24.3 Å². The number of amides is 2. The van der Waals surface area contributed by atoms with Gasteiger partial charge in [0.15, 0.2) is 0 Å². The lowest BCUT2D eigenvalue weighted by atomic mass is 10.1. The molecule has 1 aliphatic heterocycles. The third-order valence-corrected chi connectivity index (χ3v) is 4.22. The van der Waals surface area contributed by atoms with Gasteiger partial charge in [-0.05, 0) is 6.07 Å². The second-order valence-electron chi connectivity index (χ2n) is 5.61. The van der Waals surface area contributed by atoms with Gasteiger partial charge in [0.1, 0.15) is 6.10 Å². The number of carbonyl (C=O) groups is 2. The van der Waals surface area contributed by atoms with Gasteiger partial charge in [-0.2, -0.15) is 0 Å². The smallest absolute Gasteiger partial charge is 0.292 e. The summed E-state index contributed by atoms with van der Waals surface area (Å²) in [5.74, 6) is -0.211. The zero-order valence-corrected chi connectivity index (χ0v) is 13.6. The second kappa shape index (κ2) is 6.84. The van der Waals surface area contributed by atoms with Gasteiger partial charge in [0.05, 0.1) is 12.7 Å². The Bertz CT molecular complexity index is 729. The van der Waals surface area contributed by atoms with Gasteiger partial charge in [-0.1, -0.05) is 23.4 Å². The Balaban J connectivity index is 1.97. The highest BCUT2D eigenvalue weighted by Gasteiger charge is 2.29. The maximum absolute atomic E-state index is 12.6. The van der Waals surface area contributed by atoms with Crippen LogP contribution in [0.5, 0.6) is 0 Å².